The Bertz CT molecular complexity index is 2420. The Labute approximate surface area is 265 Å². The van der Waals surface area contributed by atoms with Crippen molar-refractivity contribution in [1.82, 2.24) is 4.57 Å². The van der Waals surface area contributed by atoms with Crippen LogP contribution in [-0.4, -0.2) is 4.57 Å². The normalized spacial score (nSPS) is 11.6. The first-order valence-electron chi connectivity index (χ1n) is 15.3. The zero-order valence-electron chi connectivity index (χ0n) is 24.5. The smallest absolute Gasteiger partial charge is 0.0555 e. The lowest BCUT2D eigenvalue weighted by molar-refractivity contribution is 1.18. The van der Waals surface area contributed by atoms with E-state index >= 15 is 0 Å². The number of fused-ring (bicyclic) bond motifs is 7. The van der Waals surface area contributed by atoms with Crippen LogP contribution in [0.5, 0.6) is 0 Å². The Morgan fingerprint density at radius 2 is 1.00 bits per heavy atom. The summed E-state index contributed by atoms with van der Waals surface area (Å²) < 4.78 is 5.11. The summed E-state index contributed by atoms with van der Waals surface area (Å²) in [6.45, 7) is 0. The summed E-state index contributed by atoms with van der Waals surface area (Å²) in [7, 11) is 0. The molecule has 7 aromatic carbocycles. The van der Waals surface area contributed by atoms with Crippen LogP contribution >= 0.6 is 11.3 Å². The molecule has 45 heavy (non-hydrogen) atoms. The molecule has 0 aliphatic rings. The molecule has 2 nitrogen and oxygen atoms in total. The van der Waals surface area contributed by atoms with Gasteiger partial charge in [-0.2, -0.15) is 0 Å². The van der Waals surface area contributed by atoms with Gasteiger partial charge in [0.1, 0.15) is 0 Å². The molecule has 0 radical (unpaired) electrons. The molecule has 0 saturated carbocycles. The Kier molecular flexibility index (Phi) is 6.03. The van der Waals surface area contributed by atoms with Crippen LogP contribution in [-0.2, 0) is 0 Å². The molecule has 2 aromatic heterocycles. The first kappa shape index (κ1) is 25.8. The topological polar surface area (TPSA) is 8.17 Å². The average Bonchev–Trinajstić information content (AvgIpc) is 3.65. The van der Waals surface area contributed by atoms with E-state index in [-0.39, 0.29) is 0 Å². The van der Waals surface area contributed by atoms with Crippen LogP contribution in [0.1, 0.15) is 0 Å². The summed E-state index contributed by atoms with van der Waals surface area (Å²) in [5.41, 5.74) is 9.43. The van der Waals surface area contributed by atoms with Gasteiger partial charge in [0, 0.05) is 53.7 Å². The van der Waals surface area contributed by atoms with Crippen LogP contribution in [0.15, 0.2) is 170 Å². The fraction of sp³-hybridized carbons (Fsp3) is 0. The second kappa shape index (κ2) is 10.5. The predicted octanol–water partition coefficient (Wildman–Crippen LogP) is 12.3. The van der Waals surface area contributed by atoms with Crippen molar-refractivity contribution in [2.45, 2.75) is 0 Å². The van der Waals surface area contributed by atoms with Crippen molar-refractivity contribution in [2.75, 3.05) is 4.90 Å². The average molecular weight is 593 g/mol. The summed E-state index contributed by atoms with van der Waals surface area (Å²) in [6, 6.07) is 61.2. The van der Waals surface area contributed by atoms with Crippen LogP contribution < -0.4 is 4.90 Å². The molecule has 0 bridgehead atoms. The highest BCUT2D eigenvalue weighted by atomic mass is 32.1. The molecule has 2 heterocycles. The Morgan fingerprint density at radius 3 is 1.71 bits per heavy atom. The third-order valence-electron chi connectivity index (χ3n) is 8.78. The number of rotatable bonds is 5. The molecular weight excluding hydrogens is 565 g/mol. The second-order valence-corrected chi connectivity index (χ2v) is 12.4. The van der Waals surface area contributed by atoms with Gasteiger partial charge >= 0.3 is 0 Å². The Balaban J connectivity index is 1.22. The molecule has 0 N–H and O–H groups in total. The highest BCUT2D eigenvalue weighted by Crippen LogP contribution is 2.44. The van der Waals surface area contributed by atoms with Gasteiger partial charge in [-0.1, -0.05) is 103 Å². The van der Waals surface area contributed by atoms with Gasteiger partial charge in [-0.25, -0.2) is 0 Å². The quantitative estimate of drug-likeness (QED) is 0.193. The van der Waals surface area contributed by atoms with Gasteiger partial charge in [0.05, 0.1) is 11.0 Å². The number of nitrogens with zero attached hydrogens (tertiary/aromatic N) is 2. The van der Waals surface area contributed by atoms with E-state index in [1.54, 1.807) is 0 Å². The largest absolute Gasteiger partial charge is 0.311 e. The molecule has 0 unspecified atom stereocenters. The summed E-state index contributed by atoms with van der Waals surface area (Å²) >= 11 is 1.90. The number of aromatic nitrogens is 1. The van der Waals surface area contributed by atoms with Crippen molar-refractivity contribution in [1.29, 1.82) is 0 Å². The lowest BCUT2D eigenvalue weighted by Crippen LogP contribution is -2.09. The fourth-order valence-electron chi connectivity index (χ4n) is 6.72. The van der Waals surface area contributed by atoms with Crippen molar-refractivity contribution in [3.8, 4) is 16.8 Å². The van der Waals surface area contributed by atoms with E-state index in [9.17, 15) is 0 Å². The molecule has 0 amide bonds. The molecule has 3 heteroatoms. The first-order valence-corrected chi connectivity index (χ1v) is 16.1. The minimum atomic E-state index is 1.13. The summed E-state index contributed by atoms with van der Waals surface area (Å²) in [4.78, 5) is 2.30. The molecule has 0 aliphatic heterocycles. The number of thiophene rings is 1. The molecule has 212 valence electrons. The number of para-hydroxylation sites is 3. The lowest BCUT2D eigenvalue weighted by Gasteiger charge is -2.25. The number of hydrogen-bond acceptors (Lipinski definition) is 2. The molecule has 9 aromatic rings. The van der Waals surface area contributed by atoms with E-state index in [4.69, 9.17) is 0 Å². The highest BCUT2D eigenvalue weighted by molar-refractivity contribution is 7.26. The SMILES string of the molecule is c1ccc(N(c2ccccc2)c2ccc(-c3ccc4c5c6sc7ccccc7c6ccc5n(-c5ccccc5)c4c3)cc2)cc1. The van der Waals surface area contributed by atoms with Gasteiger partial charge in [0.25, 0.3) is 0 Å². The highest BCUT2D eigenvalue weighted by Gasteiger charge is 2.18. The second-order valence-electron chi connectivity index (χ2n) is 11.4. The monoisotopic (exact) mass is 592 g/mol. The van der Waals surface area contributed by atoms with Crippen LogP contribution in [0, 0.1) is 0 Å². The van der Waals surface area contributed by atoms with Crippen LogP contribution in [0.3, 0.4) is 0 Å². The van der Waals surface area contributed by atoms with E-state index in [1.807, 2.05) is 11.3 Å². The number of benzene rings is 7. The van der Waals surface area contributed by atoms with Crippen molar-refractivity contribution >= 4 is 70.4 Å². The van der Waals surface area contributed by atoms with E-state index in [0.29, 0.717) is 0 Å². The van der Waals surface area contributed by atoms with Gasteiger partial charge in [-0.05, 0) is 77.9 Å². The van der Waals surface area contributed by atoms with Crippen LogP contribution in [0.25, 0.3) is 58.8 Å². The van der Waals surface area contributed by atoms with Crippen molar-refractivity contribution in [3.63, 3.8) is 0 Å². The maximum Gasteiger partial charge on any atom is 0.0555 e. The number of hydrogen-bond donors (Lipinski definition) is 0. The van der Waals surface area contributed by atoms with E-state index in [1.165, 1.54) is 58.8 Å². The predicted molar refractivity (Wildman–Crippen MR) is 194 cm³/mol. The maximum absolute atomic E-state index is 2.43. The minimum Gasteiger partial charge on any atom is -0.311 e. The van der Waals surface area contributed by atoms with E-state index < -0.39 is 0 Å². The van der Waals surface area contributed by atoms with Gasteiger partial charge in [0.15, 0.2) is 0 Å². The summed E-state index contributed by atoms with van der Waals surface area (Å²) in [5, 5.41) is 5.27. The van der Waals surface area contributed by atoms with Gasteiger partial charge < -0.3 is 9.47 Å². The third-order valence-corrected chi connectivity index (χ3v) is 9.98. The zero-order chi connectivity index (χ0) is 29.7. The van der Waals surface area contributed by atoms with Crippen LogP contribution in [0.2, 0.25) is 0 Å². The lowest BCUT2D eigenvalue weighted by atomic mass is 10.0. The van der Waals surface area contributed by atoms with Gasteiger partial charge in [-0.15, -0.1) is 11.3 Å². The number of anilines is 3. The molecule has 0 spiro atoms. The van der Waals surface area contributed by atoms with Crippen molar-refractivity contribution < 1.29 is 0 Å². The molecule has 9 rings (SSSR count). The van der Waals surface area contributed by atoms with Gasteiger partial charge in [0.2, 0.25) is 0 Å². The third kappa shape index (κ3) is 4.24. The zero-order valence-corrected chi connectivity index (χ0v) is 25.3. The standard InChI is InChI=1S/C42H28N2S/c1-4-12-31(13-5-1)43(32-14-6-2-7-15-32)34-23-20-29(21-24-34)30-22-25-37-39(28-30)44(33-16-8-3-9-17-33)38-27-26-36-35-18-10-11-19-40(35)45-42(36)41(37)38/h1-28H. The van der Waals surface area contributed by atoms with Crippen molar-refractivity contribution in [2.24, 2.45) is 0 Å². The van der Waals surface area contributed by atoms with Gasteiger partial charge in [-0.3, -0.25) is 0 Å². The first-order chi connectivity index (χ1) is 22.3. The molecular formula is C42H28N2S. The summed E-state index contributed by atoms with van der Waals surface area (Å²) in [6.07, 6.45) is 0. The summed E-state index contributed by atoms with van der Waals surface area (Å²) in [5.74, 6) is 0. The Morgan fingerprint density at radius 1 is 0.422 bits per heavy atom. The minimum absolute atomic E-state index is 1.13. The van der Waals surface area contributed by atoms with Crippen molar-refractivity contribution in [3.05, 3.63) is 170 Å². The Hall–Kier alpha value is -5.64. The molecule has 0 aliphatic carbocycles. The molecule has 0 atom stereocenters. The van der Waals surface area contributed by atoms with E-state index in [0.717, 1.165) is 17.1 Å². The molecule has 0 fully saturated rings. The molecule has 0 saturated heterocycles. The van der Waals surface area contributed by atoms with E-state index in [2.05, 4.69) is 179 Å². The van der Waals surface area contributed by atoms with Crippen LogP contribution in [0.4, 0.5) is 17.1 Å². The fourth-order valence-corrected chi connectivity index (χ4v) is 7.98. The maximum atomic E-state index is 2.43.